The number of nitriles is 1. The first-order valence-electron chi connectivity index (χ1n) is 8.04. The highest BCUT2D eigenvalue weighted by Crippen LogP contribution is 2.20. The van der Waals surface area contributed by atoms with E-state index in [1.807, 2.05) is 30.6 Å². The molecule has 0 aliphatic rings. The average molecular weight is 383 g/mol. The van der Waals surface area contributed by atoms with E-state index in [-0.39, 0.29) is 6.04 Å². The number of hydrogen-bond donors (Lipinski definition) is 1. The van der Waals surface area contributed by atoms with Crippen LogP contribution in [0.25, 0.3) is 5.65 Å². The van der Waals surface area contributed by atoms with Gasteiger partial charge in [-0.15, -0.1) is 0 Å². The lowest BCUT2D eigenvalue weighted by atomic mass is 10.0. The minimum atomic E-state index is 0.237. The highest BCUT2D eigenvalue weighted by Gasteiger charge is 2.12. The lowest BCUT2D eigenvalue weighted by molar-refractivity contribution is 0.482. The van der Waals surface area contributed by atoms with Gasteiger partial charge in [0.15, 0.2) is 0 Å². The summed E-state index contributed by atoms with van der Waals surface area (Å²) in [4.78, 5) is 4.46. The van der Waals surface area contributed by atoms with Crippen molar-refractivity contribution in [2.75, 3.05) is 0 Å². The third-order valence-corrected chi connectivity index (χ3v) is 4.56. The highest BCUT2D eigenvalue weighted by atomic mass is 79.9. The summed E-state index contributed by atoms with van der Waals surface area (Å²) < 4.78 is 3.12. The number of nitrogens with zero attached hydrogens (tertiary/aromatic N) is 3. The van der Waals surface area contributed by atoms with Gasteiger partial charge in [-0.05, 0) is 30.5 Å². The molecule has 0 aliphatic heterocycles. The van der Waals surface area contributed by atoms with Crippen LogP contribution >= 0.6 is 15.9 Å². The number of nitrogens with one attached hydrogen (secondary N) is 1. The largest absolute Gasteiger partial charge is 0.304 e. The maximum absolute atomic E-state index is 8.78. The molecule has 1 atom stereocenters. The number of rotatable bonds is 7. The quantitative estimate of drug-likeness (QED) is 0.606. The molecule has 0 amide bonds. The number of aromatic nitrogens is 2. The predicted octanol–water partition coefficient (Wildman–Crippen LogP) is 4.62. The molecule has 122 valence electrons. The molecule has 4 nitrogen and oxygen atoms in total. The molecule has 0 saturated heterocycles. The monoisotopic (exact) mass is 382 g/mol. The summed E-state index contributed by atoms with van der Waals surface area (Å²) in [6.07, 6.45) is 6.36. The first kappa shape index (κ1) is 16.7. The second-order valence-electron chi connectivity index (χ2n) is 5.72. The van der Waals surface area contributed by atoms with E-state index in [0.717, 1.165) is 35.2 Å². The topological polar surface area (TPSA) is 53.1 Å². The van der Waals surface area contributed by atoms with Crippen molar-refractivity contribution in [2.24, 2.45) is 0 Å². The molecule has 24 heavy (non-hydrogen) atoms. The van der Waals surface area contributed by atoms with Crippen LogP contribution in [-0.2, 0) is 6.54 Å². The number of halogens is 1. The van der Waals surface area contributed by atoms with Crippen molar-refractivity contribution < 1.29 is 0 Å². The molecule has 0 bridgehead atoms. The van der Waals surface area contributed by atoms with E-state index in [4.69, 9.17) is 5.26 Å². The Hall–Kier alpha value is -2.16. The van der Waals surface area contributed by atoms with Gasteiger partial charge in [-0.2, -0.15) is 5.26 Å². The summed E-state index contributed by atoms with van der Waals surface area (Å²) in [5, 5.41) is 12.4. The fourth-order valence-electron chi connectivity index (χ4n) is 2.82. The molecule has 2 aromatic heterocycles. The minimum absolute atomic E-state index is 0.237. The number of hydrogen-bond acceptors (Lipinski definition) is 3. The highest BCUT2D eigenvalue weighted by molar-refractivity contribution is 9.10. The molecule has 1 N–H and O–H groups in total. The van der Waals surface area contributed by atoms with Crippen molar-refractivity contribution in [1.82, 2.24) is 14.7 Å². The Morgan fingerprint density at radius 3 is 2.88 bits per heavy atom. The molecule has 3 rings (SSSR count). The SMILES string of the molecule is N#CCCCC(NCc1cnc2cc(Br)ccn12)c1ccccc1. The average Bonchev–Trinajstić information content (AvgIpc) is 3.01. The van der Waals surface area contributed by atoms with Gasteiger partial charge in [0, 0.05) is 29.7 Å². The van der Waals surface area contributed by atoms with Crippen LogP contribution in [0.15, 0.2) is 59.3 Å². The van der Waals surface area contributed by atoms with E-state index >= 15 is 0 Å². The zero-order chi connectivity index (χ0) is 16.8. The Morgan fingerprint density at radius 1 is 1.25 bits per heavy atom. The molecule has 5 heteroatoms. The summed E-state index contributed by atoms with van der Waals surface area (Å²) in [7, 11) is 0. The van der Waals surface area contributed by atoms with Crippen molar-refractivity contribution in [3.63, 3.8) is 0 Å². The third kappa shape index (κ3) is 4.02. The number of imidazole rings is 1. The van der Waals surface area contributed by atoms with Gasteiger partial charge in [-0.25, -0.2) is 4.98 Å². The maximum Gasteiger partial charge on any atom is 0.138 e. The van der Waals surface area contributed by atoms with E-state index in [1.54, 1.807) is 0 Å². The van der Waals surface area contributed by atoms with Gasteiger partial charge < -0.3 is 9.72 Å². The van der Waals surface area contributed by atoms with Crippen molar-refractivity contribution in [3.05, 3.63) is 70.6 Å². The number of fused-ring (bicyclic) bond motifs is 1. The Bertz CT molecular complexity index is 835. The maximum atomic E-state index is 8.78. The molecule has 1 aromatic carbocycles. The van der Waals surface area contributed by atoms with Crippen LogP contribution in [0, 0.1) is 11.3 Å². The van der Waals surface area contributed by atoms with E-state index in [9.17, 15) is 0 Å². The Labute approximate surface area is 150 Å². The summed E-state index contributed by atoms with van der Waals surface area (Å²) >= 11 is 3.47. The fourth-order valence-corrected chi connectivity index (χ4v) is 3.15. The molecule has 3 aromatic rings. The van der Waals surface area contributed by atoms with Gasteiger partial charge in [-0.1, -0.05) is 46.3 Å². The number of unbranched alkanes of at least 4 members (excludes halogenated alkanes) is 1. The molecular weight excluding hydrogens is 364 g/mol. The van der Waals surface area contributed by atoms with Crippen LogP contribution in [0.3, 0.4) is 0 Å². The fraction of sp³-hybridized carbons (Fsp3) is 0.263. The van der Waals surface area contributed by atoms with Crippen LogP contribution < -0.4 is 5.32 Å². The van der Waals surface area contributed by atoms with E-state index < -0.39 is 0 Å². The van der Waals surface area contributed by atoms with E-state index in [1.165, 1.54) is 5.56 Å². The second-order valence-corrected chi connectivity index (χ2v) is 6.63. The standard InChI is InChI=1S/C19H19BrN4/c20-16-9-11-24-17(14-23-19(24)12-16)13-22-18(8-4-5-10-21)15-6-2-1-3-7-15/h1-3,6-7,9,11-12,14,18,22H,4-5,8,13H2. The molecule has 1 unspecified atom stereocenters. The van der Waals surface area contributed by atoms with Crippen LogP contribution in [0.2, 0.25) is 0 Å². The summed E-state index contributed by atoms with van der Waals surface area (Å²) in [6, 6.07) is 16.9. The van der Waals surface area contributed by atoms with Crippen molar-refractivity contribution in [3.8, 4) is 6.07 Å². The summed E-state index contributed by atoms with van der Waals surface area (Å²) in [5.41, 5.74) is 3.31. The smallest absolute Gasteiger partial charge is 0.138 e. The number of benzene rings is 1. The van der Waals surface area contributed by atoms with Gasteiger partial charge in [0.1, 0.15) is 5.65 Å². The predicted molar refractivity (Wildman–Crippen MR) is 98.4 cm³/mol. The van der Waals surface area contributed by atoms with Gasteiger partial charge in [0.25, 0.3) is 0 Å². The molecule has 2 heterocycles. The van der Waals surface area contributed by atoms with Gasteiger partial charge in [-0.3, -0.25) is 0 Å². The summed E-state index contributed by atoms with van der Waals surface area (Å²) in [5.74, 6) is 0. The zero-order valence-electron chi connectivity index (χ0n) is 13.3. The van der Waals surface area contributed by atoms with Gasteiger partial charge in [0.05, 0.1) is 18.0 Å². The van der Waals surface area contributed by atoms with Crippen LogP contribution in [0.1, 0.15) is 36.6 Å². The number of pyridine rings is 1. The van der Waals surface area contributed by atoms with Crippen molar-refractivity contribution in [1.29, 1.82) is 5.26 Å². The molecule has 0 saturated carbocycles. The molecule has 0 aliphatic carbocycles. The van der Waals surface area contributed by atoms with Gasteiger partial charge in [0.2, 0.25) is 0 Å². The third-order valence-electron chi connectivity index (χ3n) is 4.06. The first-order chi connectivity index (χ1) is 11.8. The second kappa shape index (κ2) is 8.09. The summed E-state index contributed by atoms with van der Waals surface area (Å²) in [6.45, 7) is 0.731. The normalized spacial score (nSPS) is 12.2. The Kier molecular flexibility index (Phi) is 5.63. The minimum Gasteiger partial charge on any atom is -0.304 e. The lowest BCUT2D eigenvalue weighted by Crippen LogP contribution is -2.21. The molecule has 0 radical (unpaired) electrons. The zero-order valence-corrected chi connectivity index (χ0v) is 14.9. The van der Waals surface area contributed by atoms with E-state index in [2.05, 4.69) is 61.0 Å². The molecular formula is C19H19BrN4. The molecule has 0 spiro atoms. The van der Waals surface area contributed by atoms with Crippen molar-refractivity contribution >= 4 is 21.6 Å². The lowest BCUT2D eigenvalue weighted by Gasteiger charge is -2.19. The van der Waals surface area contributed by atoms with Crippen LogP contribution in [0.4, 0.5) is 0 Å². The van der Waals surface area contributed by atoms with Gasteiger partial charge >= 0.3 is 0 Å². The van der Waals surface area contributed by atoms with E-state index in [0.29, 0.717) is 6.42 Å². The Balaban J connectivity index is 1.73. The first-order valence-corrected chi connectivity index (χ1v) is 8.84. The molecule has 0 fully saturated rings. The van der Waals surface area contributed by atoms with Crippen LogP contribution in [-0.4, -0.2) is 9.38 Å². The van der Waals surface area contributed by atoms with Crippen LogP contribution in [0.5, 0.6) is 0 Å². The Morgan fingerprint density at radius 2 is 2.08 bits per heavy atom. The van der Waals surface area contributed by atoms with Crippen molar-refractivity contribution in [2.45, 2.75) is 31.8 Å².